The SMILES string of the molecule is CCC(CCCNC(=O)c1cc(N)c([N+](=O)[O-])cc1OC(F)F)C(F)(F)F. The van der Waals surface area contributed by atoms with Gasteiger partial charge in [-0.25, -0.2) is 0 Å². The summed E-state index contributed by atoms with van der Waals surface area (Å²) in [5.74, 6) is -3.22. The number of nitrogens with zero attached hydrogens (tertiary/aromatic N) is 1. The van der Waals surface area contributed by atoms with E-state index in [1.807, 2.05) is 0 Å². The molecule has 1 atom stereocenters. The number of benzene rings is 1. The van der Waals surface area contributed by atoms with Gasteiger partial charge in [-0.05, 0) is 25.3 Å². The van der Waals surface area contributed by atoms with Gasteiger partial charge in [-0.15, -0.1) is 0 Å². The van der Waals surface area contributed by atoms with Gasteiger partial charge in [0.15, 0.2) is 0 Å². The third kappa shape index (κ3) is 6.53. The molecule has 0 fully saturated rings. The molecule has 0 radical (unpaired) electrons. The second-order valence-electron chi connectivity index (χ2n) is 5.59. The molecule has 0 aromatic heterocycles. The van der Waals surface area contributed by atoms with E-state index >= 15 is 0 Å². The van der Waals surface area contributed by atoms with Crippen LogP contribution < -0.4 is 15.8 Å². The van der Waals surface area contributed by atoms with Crippen LogP contribution in [0.25, 0.3) is 0 Å². The van der Waals surface area contributed by atoms with Crippen molar-refractivity contribution < 1.29 is 36.4 Å². The van der Waals surface area contributed by atoms with Crippen molar-refractivity contribution in [2.24, 2.45) is 5.92 Å². The van der Waals surface area contributed by atoms with Crippen LogP contribution in [0.2, 0.25) is 0 Å². The molecule has 0 saturated carbocycles. The van der Waals surface area contributed by atoms with Crippen molar-refractivity contribution in [3.05, 3.63) is 27.8 Å². The molecule has 152 valence electrons. The van der Waals surface area contributed by atoms with E-state index in [0.717, 1.165) is 6.07 Å². The lowest BCUT2D eigenvalue weighted by Crippen LogP contribution is -2.28. The van der Waals surface area contributed by atoms with Crippen LogP contribution in [-0.4, -0.2) is 30.2 Å². The monoisotopic (exact) mass is 399 g/mol. The Kier molecular flexibility index (Phi) is 7.73. The van der Waals surface area contributed by atoms with Crippen LogP contribution in [0.3, 0.4) is 0 Å². The Balaban J connectivity index is 2.84. The number of carbonyl (C=O) groups is 1. The van der Waals surface area contributed by atoms with E-state index in [1.54, 1.807) is 0 Å². The van der Waals surface area contributed by atoms with Gasteiger partial charge in [0.05, 0.1) is 22.5 Å². The fourth-order valence-corrected chi connectivity index (χ4v) is 2.36. The minimum absolute atomic E-state index is 0.00272. The summed E-state index contributed by atoms with van der Waals surface area (Å²) in [5.41, 5.74) is 3.77. The first-order valence-electron chi connectivity index (χ1n) is 7.85. The molecule has 0 bridgehead atoms. The van der Waals surface area contributed by atoms with E-state index < -0.39 is 52.2 Å². The average molecular weight is 399 g/mol. The van der Waals surface area contributed by atoms with Crippen LogP contribution in [0.1, 0.15) is 36.5 Å². The summed E-state index contributed by atoms with van der Waals surface area (Å²) in [6.07, 6.45) is -4.67. The lowest BCUT2D eigenvalue weighted by Gasteiger charge is -2.18. The highest BCUT2D eigenvalue weighted by Gasteiger charge is 2.37. The maximum Gasteiger partial charge on any atom is 0.391 e. The lowest BCUT2D eigenvalue weighted by atomic mass is 10.00. The Morgan fingerprint density at radius 1 is 1.37 bits per heavy atom. The number of carbonyl (C=O) groups excluding carboxylic acids is 1. The molecule has 0 aliphatic rings. The molecule has 0 heterocycles. The van der Waals surface area contributed by atoms with Gasteiger partial charge in [0, 0.05) is 6.54 Å². The second-order valence-corrected chi connectivity index (χ2v) is 5.59. The van der Waals surface area contributed by atoms with Crippen molar-refractivity contribution in [3.63, 3.8) is 0 Å². The third-order valence-corrected chi connectivity index (χ3v) is 3.76. The number of nitrogens with two attached hydrogens (primary N) is 1. The maximum atomic E-state index is 12.6. The zero-order valence-electron chi connectivity index (χ0n) is 14.2. The minimum Gasteiger partial charge on any atom is -0.434 e. The molecule has 0 spiro atoms. The predicted octanol–water partition coefficient (Wildman–Crippen LogP) is 3.88. The highest BCUT2D eigenvalue weighted by Crippen LogP contribution is 2.33. The van der Waals surface area contributed by atoms with Gasteiger partial charge in [-0.2, -0.15) is 22.0 Å². The number of anilines is 1. The number of nitrogen functional groups attached to an aromatic ring is 1. The Hall–Kier alpha value is -2.66. The number of hydrogen-bond donors (Lipinski definition) is 2. The van der Waals surface area contributed by atoms with Crippen LogP contribution in [-0.2, 0) is 0 Å². The van der Waals surface area contributed by atoms with Crippen molar-refractivity contribution in [1.82, 2.24) is 5.32 Å². The third-order valence-electron chi connectivity index (χ3n) is 3.76. The molecule has 7 nitrogen and oxygen atoms in total. The molecule has 1 aromatic carbocycles. The smallest absolute Gasteiger partial charge is 0.391 e. The molecule has 1 amide bonds. The van der Waals surface area contributed by atoms with Gasteiger partial charge in [0.25, 0.3) is 11.6 Å². The lowest BCUT2D eigenvalue weighted by molar-refractivity contribution is -0.384. The van der Waals surface area contributed by atoms with Crippen molar-refractivity contribution in [3.8, 4) is 5.75 Å². The summed E-state index contributed by atoms with van der Waals surface area (Å²) in [5, 5.41) is 13.1. The largest absolute Gasteiger partial charge is 0.434 e. The molecule has 27 heavy (non-hydrogen) atoms. The van der Waals surface area contributed by atoms with E-state index in [-0.39, 0.29) is 25.8 Å². The second kappa shape index (κ2) is 9.33. The number of hydrogen-bond acceptors (Lipinski definition) is 5. The number of alkyl halides is 5. The fourth-order valence-electron chi connectivity index (χ4n) is 2.36. The minimum atomic E-state index is -4.34. The van der Waals surface area contributed by atoms with Crippen molar-refractivity contribution in [1.29, 1.82) is 0 Å². The maximum absolute atomic E-state index is 12.6. The first-order chi connectivity index (χ1) is 12.5. The molecule has 0 aliphatic carbocycles. The standard InChI is InChI=1S/C15H18F5N3O4/c1-2-8(15(18,19)20)4-3-5-22-13(24)9-6-10(21)11(23(25)26)7-12(9)27-14(16)17/h6-8,14H,2-5,21H2,1H3,(H,22,24). The number of amides is 1. The number of nitrogens with one attached hydrogen (secondary N) is 1. The normalized spacial score (nSPS) is 12.7. The Morgan fingerprint density at radius 3 is 2.48 bits per heavy atom. The van der Waals surface area contributed by atoms with Crippen LogP contribution in [0.5, 0.6) is 5.75 Å². The molecular weight excluding hydrogens is 381 g/mol. The first-order valence-corrected chi connectivity index (χ1v) is 7.85. The summed E-state index contributed by atoms with van der Waals surface area (Å²) >= 11 is 0. The Bertz CT molecular complexity index is 682. The van der Waals surface area contributed by atoms with Gasteiger partial charge in [0.2, 0.25) is 0 Å². The van der Waals surface area contributed by atoms with Crippen molar-refractivity contribution in [2.45, 2.75) is 39.0 Å². The van der Waals surface area contributed by atoms with Gasteiger partial charge in [-0.1, -0.05) is 6.92 Å². The number of rotatable bonds is 9. The number of nitro benzene ring substituents is 1. The summed E-state index contributed by atoms with van der Waals surface area (Å²) in [6, 6.07) is 1.39. The van der Waals surface area contributed by atoms with Crippen LogP contribution in [0, 0.1) is 16.0 Å². The molecular formula is C15H18F5N3O4. The average Bonchev–Trinajstić information content (AvgIpc) is 2.53. The van der Waals surface area contributed by atoms with Gasteiger partial charge in [-0.3, -0.25) is 14.9 Å². The quantitative estimate of drug-likeness (QED) is 0.215. The Labute approximate surface area is 150 Å². The fraction of sp³-hybridized carbons (Fsp3) is 0.533. The number of halogens is 5. The van der Waals surface area contributed by atoms with Crippen LogP contribution in [0.15, 0.2) is 12.1 Å². The van der Waals surface area contributed by atoms with Crippen LogP contribution >= 0.6 is 0 Å². The van der Waals surface area contributed by atoms with Gasteiger partial charge < -0.3 is 15.8 Å². The first kappa shape index (κ1) is 22.4. The van der Waals surface area contributed by atoms with E-state index in [9.17, 15) is 36.9 Å². The van der Waals surface area contributed by atoms with E-state index in [1.165, 1.54) is 6.92 Å². The topological polar surface area (TPSA) is 107 Å². The molecule has 0 aliphatic heterocycles. The summed E-state index contributed by atoms with van der Waals surface area (Å²) < 4.78 is 67.0. The van der Waals surface area contributed by atoms with Crippen molar-refractivity contribution >= 4 is 17.3 Å². The van der Waals surface area contributed by atoms with Crippen LogP contribution in [0.4, 0.5) is 33.3 Å². The van der Waals surface area contributed by atoms with Gasteiger partial charge >= 0.3 is 12.8 Å². The van der Waals surface area contributed by atoms with Crippen molar-refractivity contribution in [2.75, 3.05) is 12.3 Å². The molecule has 3 N–H and O–H groups in total. The highest BCUT2D eigenvalue weighted by molar-refractivity contribution is 5.98. The van der Waals surface area contributed by atoms with E-state index in [0.29, 0.717) is 6.07 Å². The zero-order chi connectivity index (χ0) is 20.8. The van der Waals surface area contributed by atoms with Gasteiger partial charge in [0.1, 0.15) is 11.4 Å². The van der Waals surface area contributed by atoms with E-state index in [4.69, 9.17) is 5.73 Å². The van der Waals surface area contributed by atoms with E-state index in [2.05, 4.69) is 10.1 Å². The molecule has 1 aromatic rings. The zero-order valence-corrected chi connectivity index (χ0v) is 14.2. The summed E-state index contributed by atoms with van der Waals surface area (Å²) in [4.78, 5) is 22.0. The molecule has 0 saturated heterocycles. The summed E-state index contributed by atoms with van der Waals surface area (Å²) in [7, 11) is 0. The summed E-state index contributed by atoms with van der Waals surface area (Å²) in [6.45, 7) is -2.11. The number of nitro groups is 1. The highest BCUT2D eigenvalue weighted by atomic mass is 19.4. The predicted molar refractivity (Wildman–Crippen MR) is 85.5 cm³/mol. The Morgan fingerprint density at radius 2 is 2.00 bits per heavy atom. The molecule has 1 unspecified atom stereocenters. The molecule has 12 heteroatoms. The number of ether oxygens (including phenoxy) is 1. The molecule has 1 rings (SSSR count).